The summed E-state index contributed by atoms with van der Waals surface area (Å²) in [5, 5.41) is 0. The molecule has 0 heterocycles. The van der Waals surface area contributed by atoms with Gasteiger partial charge >= 0.3 is 24.3 Å². The smallest absolute Gasteiger partial charge is 0.425 e. The van der Waals surface area contributed by atoms with Gasteiger partial charge in [-0.25, -0.2) is 18.4 Å². The third-order valence-corrected chi connectivity index (χ3v) is 7.78. The molecule has 3 aromatic rings. The second-order valence-electron chi connectivity index (χ2n) is 11.5. The molecule has 0 bridgehead atoms. The van der Waals surface area contributed by atoms with Crippen molar-refractivity contribution < 1.29 is 54.2 Å². The lowest BCUT2D eigenvalue weighted by Crippen LogP contribution is -2.33. The number of alkyl halides is 6. The Bertz CT molecular complexity index is 1390. The fourth-order valence-electron chi connectivity index (χ4n) is 5.07. The topological polar surface area (TPSA) is 52.6 Å². The Balaban J connectivity index is 1.70. The standard InChI is InChI=1S/C36H38F8O4/c1-3-5-7-9-11-31(35(39,40)41)47-33(45)25-17-19-27(29(37)21-25)23-13-15-24(16-14-23)28-20-18-26(22-30(28)38)34(46)48-32(36(42,43)44)12-10-8-6-4-2/h13-22,31-32H,3-12H2,1-2H3/t31-,32-/m0/s1. The van der Waals surface area contributed by atoms with E-state index < -0.39 is 72.1 Å². The Morgan fingerprint density at radius 1 is 0.562 bits per heavy atom. The van der Waals surface area contributed by atoms with Crippen molar-refractivity contribution in [2.45, 2.75) is 103 Å². The molecule has 0 aromatic heterocycles. The quantitative estimate of drug-likeness (QED) is 0.0855. The van der Waals surface area contributed by atoms with Crippen molar-refractivity contribution in [3.8, 4) is 22.3 Å². The highest BCUT2D eigenvalue weighted by molar-refractivity contribution is 5.91. The second kappa shape index (κ2) is 17.4. The maximum atomic E-state index is 15.0. The number of hydrogen-bond acceptors (Lipinski definition) is 4. The number of rotatable bonds is 16. The average molecular weight is 687 g/mol. The Hall–Kier alpha value is -3.96. The average Bonchev–Trinajstić information content (AvgIpc) is 3.02. The van der Waals surface area contributed by atoms with Gasteiger partial charge < -0.3 is 9.47 Å². The largest absolute Gasteiger partial charge is 0.449 e. The lowest BCUT2D eigenvalue weighted by molar-refractivity contribution is -0.206. The van der Waals surface area contributed by atoms with Crippen molar-refractivity contribution in [1.82, 2.24) is 0 Å². The minimum Gasteiger partial charge on any atom is -0.449 e. The summed E-state index contributed by atoms with van der Waals surface area (Å²) in [6.07, 6.45) is -10.3. The summed E-state index contributed by atoms with van der Waals surface area (Å²) in [6.45, 7) is 3.82. The van der Waals surface area contributed by atoms with Crippen molar-refractivity contribution in [2.24, 2.45) is 0 Å². The highest BCUT2D eigenvalue weighted by Gasteiger charge is 2.43. The normalized spacial score (nSPS) is 13.2. The van der Waals surface area contributed by atoms with Gasteiger partial charge in [-0.3, -0.25) is 0 Å². The highest BCUT2D eigenvalue weighted by Crippen LogP contribution is 2.32. The summed E-state index contributed by atoms with van der Waals surface area (Å²) in [5.41, 5.74) is -0.158. The summed E-state index contributed by atoms with van der Waals surface area (Å²) < 4.78 is 120. The van der Waals surface area contributed by atoms with E-state index in [0.717, 1.165) is 49.9 Å². The zero-order chi connectivity index (χ0) is 35.5. The first kappa shape index (κ1) is 38.5. The first-order valence-electron chi connectivity index (χ1n) is 15.9. The summed E-state index contributed by atoms with van der Waals surface area (Å²) in [4.78, 5) is 24.9. The number of carbonyl (C=O) groups excluding carboxylic acids is 2. The van der Waals surface area contributed by atoms with Crippen molar-refractivity contribution in [2.75, 3.05) is 0 Å². The van der Waals surface area contributed by atoms with Crippen LogP contribution in [0.2, 0.25) is 0 Å². The van der Waals surface area contributed by atoms with E-state index in [-0.39, 0.29) is 24.0 Å². The van der Waals surface area contributed by atoms with E-state index in [1.54, 1.807) is 0 Å². The van der Waals surface area contributed by atoms with Gasteiger partial charge in [0, 0.05) is 11.1 Å². The molecule has 2 atom stereocenters. The van der Waals surface area contributed by atoms with Gasteiger partial charge in [0.25, 0.3) is 0 Å². The molecule has 0 aliphatic rings. The Labute approximate surface area is 274 Å². The first-order chi connectivity index (χ1) is 22.6. The molecule has 0 spiro atoms. The van der Waals surface area contributed by atoms with Crippen LogP contribution in [0.15, 0.2) is 60.7 Å². The van der Waals surface area contributed by atoms with Crippen molar-refractivity contribution in [1.29, 1.82) is 0 Å². The monoisotopic (exact) mass is 686 g/mol. The van der Waals surface area contributed by atoms with Crippen LogP contribution >= 0.6 is 0 Å². The maximum absolute atomic E-state index is 15.0. The third-order valence-electron chi connectivity index (χ3n) is 7.78. The molecule has 4 nitrogen and oxygen atoms in total. The van der Waals surface area contributed by atoms with Crippen LogP contribution in [0.25, 0.3) is 22.3 Å². The number of esters is 2. The van der Waals surface area contributed by atoms with Gasteiger partial charge in [-0.05, 0) is 61.1 Å². The van der Waals surface area contributed by atoms with E-state index in [2.05, 4.69) is 0 Å². The van der Waals surface area contributed by atoms with Crippen LogP contribution < -0.4 is 0 Å². The van der Waals surface area contributed by atoms with Crippen LogP contribution in [-0.4, -0.2) is 36.5 Å². The number of unbranched alkanes of at least 4 members (excludes halogenated alkanes) is 6. The lowest BCUT2D eigenvalue weighted by atomic mass is 9.98. The van der Waals surface area contributed by atoms with E-state index >= 15 is 8.78 Å². The molecule has 3 rings (SSSR count). The Morgan fingerprint density at radius 3 is 1.21 bits per heavy atom. The molecule has 0 amide bonds. The molecule has 0 saturated heterocycles. The molecule has 0 N–H and O–H groups in total. The molecule has 0 aliphatic carbocycles. The van der Waals surface area contributed by atoms with Crippen LogP contribution in [0.1, 0.15) is 98.8 Å². The van der Waals surface area contributed by atoms with Crippen LogP contribution in [-0.2, 0) is 9.47 Å². The molecule has 0 radical (unpaired) electrons. The number of halogens is 8. The summed E-state index contributed by atoms with van der Waals surface area (Å²) in [5.74, 6) is -4.42. The van der Waals surface area contributed by atoms with E-state index in [4.69, 9.17) is 9.47 Å². The Morgan fingerprint density at radius 2 is 0.917 bits per heavy atom. The first-order valence-corrected chi connectivity index (χ1v) is 15.9. The second-order valence-corrected chi connectivity index (χ2v) is 11.5. The van der Waals surface area contributed by atoms with Gasteiger partial charge in [0.2, 0.25) is 0 Å². The summed E-state index contributed by atoms with van der Waals surface area (Å²) >= 11 is 0. The number of hydrogen-bond donors (Lipinski definition) is 0. The molecule has 0 saturated carbocycles. The van der Waals surface area contributed by atoms with Crippen molar-refractivity contribution >= 4 is 11.9 Å². The zero-order valence-corrected chi connectivity index (χ0v) is 26.7. The maximum Gasteiger partial charge on any atom is 0.425 e. The van der Waals surface area contributed by atoms with Crippen molar-refractivity contribution in [3.63, 3.8) is 0 Å². The van der Waals surface area contributed by atoms with Gasteiger partial charge in [0.15, 0.2) is 12.2 Å². The predicted octanol–water partition coefficient (Wildman–Crippen LogP) is 11.4. The molecule has 48 heavy (non-hydrogen) atoms. The van der Waals surface area contributed by atoms with Crippen LogP contribution in [0, 0.1) is 11.6 Å². The molecule has 0 fully saturated rings. The lowest BCUT2D eigenvalue weighted by Gasteiger charge is -2.21. The number of ether oxygens (including phenoxy) is 2. The third kappa shape index (κ3) is 11.1. The van der Waals surface area contributed by atoms with Gasteiger partial charge in [-0.2, -0.15) is 26.3 Å². The molecular formula is C36H38F8O4. The molecule has 0 aliphatic heterocycles. The fourth-order valence-corrected chi connectivity index (χ4v) is 5.07. The SMILES string of the molecule is CCCCCC[C@H](OC(=O)c1ccc(-c2ccc(-c3ccc(C(=O)O[C@@H](CCCCCC)C(F)(F)F)cc3F)cc2)c(F)c1)C(F)(F)F. The highest BCUT2D eigenvalue weighted by atomic mass is 19.4. The summed E-state index contributed by atoms with van der Waals surface area (Å²) in [6, 6.07) is 12.0. The van der Waals surface area contributed by atoms with Crippen LogP contribution in [0.4, 0.5) is 35.1 Å². The predicted molar refractivity (Wildman–Crippen MR) is 165 cm³/mol. The molecular weight excluding hydrogens is 648 g/mol. The minimum absolute atomic E-state index is 0.0116. The van der Waals surface area contributed by atoms with Crippen LogP contribution in [0.5, 0.6) is 0 Å². The van der Waals surface area contributed by atoms with E-state index in [1.807, 2.05) is 13.8 Å². The Kier molecular flexibility index (Phi) is 14.0. The summed E-state index contributed by atoms with van der Waals surface area (Å²) in [7, 11) is 0. The zero-order valence-electron chi connectivity index (χ0n) is 26.7. The van der Waals surface area contributed by atoms with Gasteiger partial charge in [0.1, 0.15) is 11.6 Å². The molecule has 3 aromatic carbocycles. The van der Waals surface area contributed by atoms with Crippen molar-refractivity contribution in [3.05, 3.63) is 83.4 Å². The van der Waals surface area contributed by atoms with Crippen LogP contribution in [0.3, 0.4) is 0 Å². The van der Waals surface area contributed by atoms with Gasteiger partial charge in [0.05, 0.1) is 11.1 Å². The van der Waals surface area contributed by atoms with E-state index in [1.165, 1.54) is 36.4 Å². The number of benzene rings is 3. The van der Waals surface area contributed by atoms with Gasteiger partial charge in [-0.1, -0.05) is 88.8 Å². The molecule has 12 heteroatoms. The van der Waals surface area contributed by atoms with Gasteiger partial charge in [-0.15, -0.1) is 0 Å². The number of carbonyl (C=O) groups is 2. The fraction of sp³-hybridized carbons (Fsp3) is 0.444. The minimum atomic E-state index is -4.77. The molecule has 0 unspecified atom stereocenters. The van der Waals surface area contributed by atoms with E-state index in [0.29, 0.717) is 24.0 Å². The molecule has 262 valence electrons. The van der Waals surface area contributed by atoms with E-state index in [9.17, 15) is 35.9 Å².